The number of amides is 1. The minimum Gasteiger partial charge on any atom is -0.377 e. The molecule has 0 bridgehead atoms. The van der Waals surface area contributed by atoms with Gasteiger partial charge >= 0.3 is 0 Å². The van der Waals surface area contributed by atoms with Crippen molar-refractivity contribution in [3.63, 3.8) is 0 Å². The molecule has 0 radical (unpaired) electrons. The molecule has 1 aromatic rings. The van der Waals surface area contributed by atoms with Crippen LogP contribution in [0.5, 0.6) is 0 Å². The van der Waals surface area contributed by atoms with E-state index in [-0.39, 0.29) is 24.2 Å². The summed E-state index contributed by atoms with van der Waals surface area (Å²) in [4.78, 5) is 25.7. The fourth-order valence-corrected chi connectivity index (χ4v) is 3.30. The van der Waals surface area contributed by atoms with E-state index in [1.54, 1.807) is 17.2 Å². The Morgan fingerprint density at radius 2 is 2.42 bits per heavy atom. The van der Waals surface area contributed by atoms with Gasteiger partial charge in [0.05, 0.1) is 32.4 Å². The second-order valence-corrected chi connectivity index (χ2v) is 6.31. The van der Waals surface area contributed by atoms with Gasteiger partial charge in [0.25, 0.3) is 5.56 Å². The topological polar surface area (TPSA) is 82.9 Å². The van der Waals surface area contributed by atoms with Gasteiger partial charge in [-0.2, -0.15) is 5.10 Å². The van der Waals surface area contributed by atoms with Crippen LogP contribution in [0.25, 0.3) is 0 Å². The molecule has 8 nitrogen and oxygen atoms in total. The van der Waals surface area contributed by atoms with E-state index in [1.807, 2.05) is 0 Å². The highest BCUT2D eigenvalue weighted by molar-refractivity contribution is 5.77. The highest BCUT2D eigenvalue weighted by Gasteiger charge is 2.44. The van der Waals surface area contributed by atoms with Gasteiger partial charge in [0.2, 0.25) is 5.91 Å². The smallest absolute Gasteiger partial charge is 0.266 e. The average Bonchev–Trinajstić information content (AvgIpc) is 2.82. The monoisotopic (exact) mass is 337 g/mol. The number of carbonyl (C=O) groups is 1. The second-order valence-electron chi connectivity index (χ2n) is 6.31. The molecular formula is C16H23N3O5. The molecule has 132 valence electrons. The van der Waals surface area contributed by atoms with E-state index in [0.717, 1.165) is 12.8 Å². The zero-order chi connectivity index (χ0) is 17.0. The van der Waals surface area contributed by atoms with Gasteiger partial charge in [-0.05, 0) is 18.9 Å². The third-order valence-corrected chi connectivity index (χ3v) is 4.47. The number of rotatable bonds is 4. The van der Waals surface area contributed by atoms with E-state index in [4.69, 9.17) is 14.2 Å². The summed E-state index contributed by atoms with van der Waals surface area (Å²) >= 11 is 0. The average molecular weight is 337 g/mol. The number of hydrogen-bond acceptors (Lipinski definition) is 6. The minimum atomic E-state index is -0.511. The third kappa shape index (κ3) is 3.82. The maximum Gasteiger partial charge on any atom is 0.266 e. The Balaban J connectivity index is 1.66. The summed E-state index contributed by atoms with van der Waals surface area (Å²) in [6.07, 6.45) is 3.07. The molecule has 2 aliphatic rings. The molecular weight excluding hydrogens is 314 g/mol. The van der Waals surface area contributed by atoms with Crippen LogP contribution in [-0.2, 0) is 25.5 Å². The number of hydrogen-bond donors (Lipinski definition) is 0. The van der Waals surface area contributed by atoms with Crippen molar-refractivity contribution in [1.82, 2.24) is 14.7 Å². The van der Waals surface area contributed by atoms with Crippen LogP contribution >= 0.6 is 0 Å². The molecule has 2 aliphatic heterocycles. The Hall–Kier alpha value is -1.77. The summed E-state index contributed by atoms with van der Waals surface area (Å²) in [6, 6.07) is 3.10. The van der Waals surface area contributed by atoms with Crippen LogP contribution in [-0.4, -0.2) is 72.3 Å². The Morgan fingerprint density at radius 3 is 3.21 bits per heavy atom. The molecule has 0 unspecified atom stereocenters. The van der Waals surface area contributed by atoms with Gasteiger partial charge in [0.15, 0.2) is 0 Å². The largest absolute Gasteiger partial charge is 0.377 e. The molecule has 24 heavy (non-hydrogen) atoms. The van der Waals surface area contributed by atoms with E-state index < -0.39 is 5.60 Å². The molecule has 1 aromatic heterocycles. The Morgan fingerprint density at radius 1 is 1.54 bits per heavy atom. The molecule has 0 saturated carbocycles. The van der Waals surface area contributed by atoms with Gasteiger partial charge in [-0.15, -0.1) is 0 Å². The molecule has 2 fully saturated rings. The first-order valence-corrected chi connectivity index (χ1v) is 8.16. The molecule has 1 spiro atoms. The minimum absolute atomic E-state index is 0.0584. The van der Waals surface area contributed by atoms with Crippen molar-refractivity contribution in [2.75, 3.05) is 40.0 Å². The lowest BCUT2D eigenvalue weighted by Crippen LogP contribution is -2.47. The number of nitrogens with zero attached hydrogens (tertiary/aromatic N) is 3. The van der Waals surface area contributed by atoms with Crippen LogP contribution in [0.3, 0.4) is 0 Å². The van der Waals surface area contributed by atoms with Crippen LogP contribution < -0.4 is 5.56 Å². The highest BCUT2D eigenvalue weighted by Crippen LogP contribution is 2.33. The maximum absolute atomic E-state index is 12.1. The van der Waals surface area contributed by atoms with E-state index in [1.165, 1.54) is 17.9 Å². The normalized spacial score (nSPS) is 27.4. The SMILES string of the molecule is COCC(=O)N1CCOC[C@@]2(CC[C@H](Cn3ncccc3=O)O2)C1. The molecule has 8 heteroatoms. The summed E-state index contributed by atoms with van der Waals surface area (Å²) in [6.45, 7) is 2.44. The second kappa shape index (κ2) is 7.42. The summed E-state index contributed by atoms with van der Waals surface area (Å²) in [5, 5.41) is 4.07. The highest BCUT2D eigenvalue weighted by atomic mass is 16.6. The van der Waals surface area contributed by atoms with Crippen molar-refractivity contribution in [3.8, 4) is 0 Å². The summed E-state index contributed by atoms with van der Waals surface area (Å²) < 4.78 is 18.3. The van der Waals surface area contributed by atoms with Crippen LogP contribution in [0.1, 0.15) is 12.8 Å². The molecule has 0 aromatic carbocycles. The first kappa shape index (κ1) is 17.1. The standard InChI is InChI=1S/C16H23N3O5/c1-22-10-15(21)18-7-8-23-12-16(11-18)5-4-13(24-16)9-19-14(20)3-2-6-17-19/h2-3,6,13H,4-5,7-12H2,1H3/t13-,16-/m1/s1. The molecule has 3 rings (SSSR count). The van der Waals surface area contributed by atoms with Gasteiger partial charge in [0.1, 0.15) is 12.2 Å². The van der Waals surface area contributed by atoms with Crippen molar-refractivity contribution < 1.29 is 19.0 Å². The Labute approximate surface area is 140 Å². The van der Waals surface area contributed by atoms with Gasteiger partial charge in [0, 0.05) is 25.9 Å². The molecule has 1 amide bonds. The molecule has 2 atom stereocenters. The van der Waals surface area contributed by atoms with Crippen molar-refractivity contribution >= 4 is 5.91 Å². The predicted molar refractivity (Wildman–Crippen MR) is 84.6 cm³/mol. The predicted octanol–water partition coefficient (Wildman–Crippen LogP) is -0.334. The fourth-order valence-electron chi connectivity index (χ4n) is 3.30. The van der Waals surface area contributed by atoms with Crippen molar-refractivity contribution in [3.05, 3.63) is 28.7 Å². The number of aromatic nitrogens is 2. The quantitative estimate of drug-likeness (QED) is 0.748. The van der Waals surface area contributed by atoms with Crippen molar-refractivity contribution in [2.24, 2.45) is 0 Å². The number of carbonyl (C=O) groups excluding carboxylic acids is 1. The van der Waals surface area contributed by atoms with Crippen LogP contribution in [0.15, 0.2) is 23.1 Å². The van der Waals surface area contributed by atoms with E-state index >= 15 is 0 Å². The van der Waals surface area contributed by atoms with Gasteiger partial charge < -0.3 is 19.1 Å². The molecule has 0 N–H and O–H groups in total. The van der Waals surface area contributed by atoms with Crippen LogP contribution in [0.2, 0.25) is 0 Å². The first-order chi connectivity index (χ1) is 11.6. The van der Waals surface area contributed by atoms with E-state index in [0.29, 0.717) is 32.8 Å². The fraction of sp³-hybridized carbons (Fsp3) is 0.688. The summed E-state index contributed by atoms with van der Waals surface area (Å²) in [5.41, 5.74) is -0.653. The van der Waals surface area contributed by atoms with E-state index in [9.17, 15) is 9.59 Å². The van der Waals surface area contributed by atoms with E-state index in [2.05, 4.69) is 5.10 Å². The lowest BCUT2D eigenvalue weighted by molar-refractivity contribution is -0.140. The van der Waals surface area contributed by atoms with Crippen LogP contribution in [0, 0.1) is 0 Å². The van der Waals surface area contributed by atoms with Gasteiger partial charge in [-0.25, -0.2) is 4.68 Å². The van der Waals surface area contributed by atoms with Gasteiger partial charge in [-0.3, -0.25) is 9.59 Å². The Kier molecular flexibility index (Phi) is 5.27. The zero-order valence-electron chi connectivity index (χ0n) is 13.8. The first-order valence-electron chi connectivity index (χ1n) is 8.16. The number of methoxy groups -OCH3 is 1. The Bertz CT molecular complexity index is 634. The molecule has 3 heterocycles. The van der Waals surface area contributed by atoms with Crippen molar-refractivity contribution in [2.45, 2.75) is 31.1 Å². The zero-order valence-corrected chi connectivity index (χ0v) is 13.8. The summed E-state index contributed by atoms with van der Waals surface area (Å²) in [7, 11) is 1.51. The third-order valence-electron chi connectivity index (χ3n) is 4.47. The molecule has 2 saturated heterocycles. The molecule has 0 aliphatic carbocycles. The number of ether oxygens (including phenoxy) is 3. The maximum atomic E-state index is 12.1. The van der Waals surface area contributed by atoms with Gasteiger partial charge in [-0.1, -0.05) is 0 Å². The van der Waals surface area contributed by atoms with Crippen LogP contribution in [0.4, 0.5) is 0 Å². The van der Waals surface area contributed by atoms with Crippen molar-refractivity contribution in [1.29, 1.82) is 0 Å². The lowest BCUT2D eigenvalue weighted by Gasteiger charge is -2.31. The lowest BCUT2D eigenvalue weighted by atomic mass is 10.00. The summed E-state index contributed by atoms with van der Waals surface area (Å²) in [5.74, 6) is -0.0598.